The number of fused-ring (bicyclic) bond motifs is 1. The molecule has 1 N–H and O–H groups in total. The highest BCUT2D eigenvalue weighted by molar-refractivity contribution is 6.40. The Kier molecular flexibility index (Phi) is 3.56. The van der Waals surface area contributed by atoms with Crippen molar-refractivity contribution in [2.45, 2.75) is 6.04 Å². The summed E-state index contributed by atoms with van der Waals surface area (Å²) < 4.78 is 0. The molecule has 0 spiro atoms. The molecule has 1 aromatic carbocycles. The van der Waals surface area contributed by atoms with Gasteiger partial charge in [0.05, 0.1) is 21.3 Å². The number of hydrogen-bond acceptors (Lipinski definition) is 4. The minimum Gasteiger partial charge on any atom is -0.340 e. The van der Waals surface area contributed by atoms with Crippen LogP contribution in [-0.4, -0.2) is 16.9 Å². The third-order valence-corrected chi connectivity index (χ3v) is 4.30. The summed E-state index contributed by atoms with van der Waals surface area (Å²) in [7, 11) is 0. The molecule has 0 amide bonds. The molecule has 23 heavy (non-hydrogen) atoms. The second-order valence-corrected chi connectivity index (χ2v) is 5.98. The van der Waals surface area contributed by atoms with E-state index in [-0.39, 0.29) is 6.04 Å². The molecule has 1 atom stereocenters. The highest BCUT2D eigenvalue weighted by Gasteiger charge is 2.27. The number of amidine groups is 1. The maximum Gasteiger partial charge on any atom is 0.136 e. The Morgan fingerprint density at radius 3 is 2.61 bits per heavy atom. The molecule has 6 heteroatoms. The molecule has 3 heterocycles. The number of halogens is 2. The monoisotopic (exact) mass is 342 g/mol. The SMILES string of the molecule is Clc1cccc(Cl)c1C1=NC2C=CN(c3ccccn3)C=C2N1. The van der Waals surface area contributed by atoms with E-state index >= 15 is 0 Å². The van der Waals surface area contributed by atoms with Crippen LogP contribution in [0.3, 0.4) is 0 Å². The van der Waals surface area contributed by atoms with Crippen LogP contribution in [-0.2, 0) is 0 Å². The zero-order valence-corrected chi connectivity index (χ0v) is 13.5. The average molecular weight is 343 g/mol. The zero-order valence-electron chi connectivity index (χ0n) is 11.9. The smallest absolute Gasteiger partial charge is 0.136 e. The number of nitrogens with zero attached hydrogens (tertiary/aromatic N) is 3. The molecule has 0 saturated carbocycles. The van der Waals surface area contributed by atoms with Gasteiger partial charge < -0.3 is 10.2 Å². The predicted octanol–water partition coefficient (Wildman–Crippen LogP) is 3.98. The van der Waals surface area contributed by atoms with E-state index in [1.807, 2.05) is 47.6 Å². The van der Waals surface area contributed by atoms with Crippen molar-refractivity contribution in [2.24, 2.45) is 4.99 Å². The van der Waals surface area contributed by atoms with Gasteiger partial charge in [0.25, 0.3) is 0 Å². The summed E-state index contributed by atoms with van der Waals surface area (Å²) in [5, 5.41) is 4.47. The maximum absolute atomic E-state index is 6.27. The number of hydrogen-bond donors (Lipinski definition) is 1. The predicted molar refractivity (Wildman–Crippen MR) is 93.9 cm³/mol. The lowest BCUT2D eigenvalue weighted by molar-refractivity contribution is 0.909. The molecule has 1 unspecified atom stereocenters. The van der Waals surface area contributed by atoms with Crippen LogP contribution in [0.25, 0.3) is 0 Å². The molecule has 0 aliphatic carbocycles. The molecule has 0 bridgehead atoms. The number of aliphatic imine (C=N–C) groups is 1. The standard InChI is InChI=1S/C17H12Cl2N4/c18-11-4-3-5-12(19)16(11)17-21-13-7-9-23(10-14(13)22-17)15-6-1-2-8-20-15/h1-10,13H,(H,21,22). The van der Waals surface area contributed by atoms with E-state index in [2.05, 4.69) is 15.3 Å². The first-order valence-corrected chi connectivity index (χ1v) is 7.86. The second kappa shape index (κ2) is 5.72. The third kappa shape index (κ3) is 2.60. The van der Waals surface area contributed by atoms with Crippen LogP contribution in [0.1, 0.15) is 5.56 Å². The van der Waals surface area contributed by atoms with E-state index in [1.165, 1.54) is 0 Å². The van der Waals surface area contributed by atoms with Crippen molar-refractivity contribution in [3.63, 3.8) is 0 Å². The summed E-state index contributed by atoms with van der Waals surface area (Å²) in [5.74, 6) is 1.53. The fourth-order valence-corrected chi connectivity index (χ4v) is 3.15. The quantitative estimate of drug-likeness (QED) is 0.897. The van der Waals surface area contributed by atoms with Gasteiger partial charge in [0, 0.05) is 18.6 Å². The second-order valence-electron chi connectivity index (χ2n) is 5.17. The van der Waals surface area contributed by atoms with Gasteiger partial charge in [0.1, 0.15) is 17.7 Å². The van der Waals surface area contributed by atoms with Crippen molar-refractivity contribution in [3.05, 3.63) is 82.4 Å². The zero-order chi connectivity index (χ0) is 15.8. The molecule has 2 aliphatic heterocycles. The molecular formula is C17H12Cl2N4. The Morgan fingerprint density at radius 2 is 1.87 bits per heavy atom. The van der Waals surface area contributed by atoms with Gasteiger partial charge in [-0.15, -0.1) is 0 Å². The van der Waals surface area contributed by atoms with Gasteiger partial charge in [-0.1, -0.05) is 35.3 Å². The maximum atomic E-state index is 6.27. The molecule has 114 valence electrons. The topological polar surface area (TPSA) is 40.5 Å². The van der Waals surface area contributed by atoms with Crippen molar-refractivity contribution in [1.82, 2.24) is 10.3 Å². The minimum absolute atomic E-state index is 0.0581. The van der Waals surface area contributed by atoms with Crippen molar-refractivity contribution in [1.29, 1.82) is 0 Å². The summed E-state index contributed by atoms with van der Waals surface area (Å²) in [6.07, 6.45) is 7.71. The fourth-order valence-electron chi connectivity index (χ4n) is 2.57. The van der Waals surface area contributed by atoms with Crippen LogP contribution >= 0.6 is 23.2 Å². The van der Waals surface area contributed by atoms with Crippen LogP contribution in [0.4, 0.5) is 5.82 Å². The van der Waals surface area contributed by atoms with E-state index in [4.69, 9.17) is 23.2 Å². The van der Waals surface area contributed by atoms with Gasteiger partial charge in [0.15, 0.2) is 0 Å². The fraction of sp³-hybridized carbons (Fsp3) is 0.0588. The van der Waals surface area contributed by atoms with Crippen molar-refractivity contribution < 1.29 is 0 Å². The lowest BCUT2D eigenvalue weighted by Crippen LogP contribution is -2.25. The summed E-state index contributed by atoms with van der Waals surface area (Å²) >= 11 is 12.5. The summed E-state index contributed by atoms with van der Waals surface area (Å²) in [6, 6.07) is 11.2. The Bertz CT molecular complexity index is 823. The van der Waals surface area contributed by atoms with Gasteiger partial charge >= 0.3 is 0 Å². The normalized spacial score (nSPS) is 19.0. The summed E-state index contributed by atoms with van der Waals surface area (Å²) in [6.45, 7) is 0. The highest BCUT2D eigenvalue weighted by atomic mass is 35.5. The number of pyridine rings is 1. The first kappa shape index (κ1) is 14.3. The number of rotatable bonds is 2. The lowest BCUT2D eigenvalue weighted by Gasteiger charge is -2.21. The van der Waals surface area contributed by atoms with E-state index in [9.17, 15) is 0 Å². The van der Waals surface area contributed by atoms with Crippen LogP contribution in [0.5, 0.6) is 0 Å². The highest BCUT2D eigenvalue weighted by Crippen LogP contribution is 2.29. The van der Waals surface area contributed by atoms with E-state index in [0.29, 0.717) is 15.9 Å². The Labute approximate surface area is 143 Å². The molecule has 0 saturated heterocycles. The molecule has 1 aromatic heterocycles. The van der Waals surface area contributed by atoms with Gasteiger partial charge in [-0.05, 0) is 30.3 Å². The Hall–Kier alpha value is -2.30. The summed E-state index contributed by atoms with van der Waals surface area (Å²) in [4.78, 5) is 11.0. The van der Waals surface area contributed by atoms with Gasteiger partial charge in [0.2, 0.25) is 0 Å². The molecule has 0 radical (unpaired) electrons. The van der Waals surface area contributed by atoms with Crippen LogP contribution in [0, 0.1) is 0 Å². The van der Waals surface area contributed by atoms with Gasteiger partial charge in [-0.3, -0.25) is 4.99 Å². The van der Waals surface area contributed by atoms with Gasteiger partial charge in [-0.25, -0.2) is 4.98 Å². The molecule has 0 fully saturated rings. The molecule has 2 aliphatic rings. The average Bonchev–Trinajstić information content (AvgIpc) is 2.98. The Morgan fingerprint density at radius 1 is 1.04 bits per heavy atom. The third-order valence-electron chi connectivity index (χ3n) is 3.67. The molecular weight excluding hydrogens is 331 g/mol. The molecule has 4 rings (SSSR count). The van der Waals surface area contributed by atoms with E-state index in [1.54, 1.807) is 18.3 Å². The minimum atomic E-state index is -0.0581. The number of aromatic nitrogens is 1. The number of benzene rings is 1. The molecule has 4 nitrogen and oxygen atoms in total. The first-order valence-electron chi connectivity index (χ1n) is 7.11. The number of nitrogens with one attached hydrogen (secondary N) is 1. The van der Waals surface area contributed by atoms with Crippen LogP contribution in [0.15, 0.2) is 71.8 Å². The van der Waals surface area contributed by atoms with Crippen LogP contribution < -0.4 is 10.2 Å². The van der Waals surface area contributed by atoms with Crippen LogP contribution in [0.2, 0.25) is 10.0 Å². The lowest BCUT2D eigenvalue weighted by atomic mass is 10.2. The van der Waals surface area contributed by atoms with E-state index < -0.39 is 0 Å². The number of anilines is 1. The molecule has 2 aromatic rings. The van der Waals surface area contributed by atoms with Gasteiger partial charge in [-0.2, -0.15) is 0 Å². The first-order chi connectivity index (χ1) is 11.2. The van der Waals surface area contributed by atoms with Crippen molar-refractivity contribution >= 4 is 34.9 Å². The van der Waals surface area contributed by atoms with E-state index in [0.717, 1.165) is 17.1 Å². The van der Waals surface area contributed by atoms with Crippen molar-refractivity contribution in [3.8, 4) is 0 Å². The summed E-state index contributed by atoms with van der Waals surface area (Å²) in [5.41, 5.74) is 1.69. The Balaban J connectivity index is 1.65. The van der Waals surface area contributed by atoms with Crippen molar-refractivity contribution in [2.75, 3.05) is 4.90 Å². The largest absolute Gasteiger partial charge is 0.340 e.